The van der Waals surface area contributed by atoms with Crippen LogP contribution in [0.3, 0.4) is 0 Å². The van der Waals surface area contributed by atoms with Gasteiger partial charge in [-0.3, -0.25) is 9.59 Å². The van der Waals surface area contributed by atoms with E-state index in [9.17, 15) is 14.0 Å². The van der Waals surface area contributed by atoms with Gasteiger partial charge in [0.25, 0.3) is 10.2 Å². The maximum absolute atomic E-state index is 12.9. The SMILES string of the molecule is O=C1Nc2ccc(F)cc2C(=O)C1(Cl)Cl. The number of hydrogen-bond donors (Lipinski definition) is 1. The van der Waals surface area contributed by atoms with Gasteiger partial charge in [0.15, 0.2) is 0 Å². The van der Waals surface area contributed by atoms with Gasteiger partial charge in [-0.25, -0.2) is 4.39 Å². The van der Waals surface area contributed by atoms with Crippen LogP contribution in [-0.4, -0.2) is 16.0 Å². The molecule has 1 heterocycles. The van der Waals surface area contributed by atoms with Crippen molar-refractivity contribution in [2.45, 2.75) is 4.33 Å². The smallest absolute Gasteiger partial charge is 0.269 e. The minimum Gasteiger partial charge on any atom is -0.322 e. The summed E-state index contributed by atoms with van der Waals surface area (Å²) in [6.07, 6.45) is 0. The topological polar surface area (TPSA) is 46.2 Å². The first kappa shape index (κ1) is 10.4. The quantitative estimate of drug-likeness (QED) is 0.564. The molecule has 6 heteroatoms. The van der Waals surface area contributed by atoms with Crippen LogP contribution < -0.4 is 5.32 Å². The average molecular weight is 248 g/mol. The summed E-state index contributed by atoms with van der Waals surface area (Å²) >= 11 is 11.1. The molecule has 1 N–H and O–H groups in total. The van der Waals surface area contributed by atoms with Crippen LogP contribution in [0.2, 0.25) is 0 Å². The maximum Gasteiger partial charge on any atom is 0.269 e. The largest absolute Gasteiger partial charge is 0.322 e. The van der Waals surface area contributed by atoms with E-state index in [-0.39, 0.29) is 11.3 Å². The van der Waals surface area contributed by atoms with Gasteiger partial charge in [0.05, 0.1) is 5.69 Å². The van der Waals surface area contributed by atoms with Crippen molar-refractivity contribution < 1.29 is 14.0 Å². The summed E-state index contributed by atoms with van der Waals surface area (Å²) in [5.41, 5.74) is 0.183. The Morgan fingerprint density at radius 3 is 2.60 bits per heavy atom. The van der Waals surface area contributed by atoms with Crippen LogP contribution in [-0.2, 0) is 4.79 Å². The number of Topliss-reactive ketones (excluding diaryl/α,β-unsaturated/α-hetero) is 1. The van der Waals surface area contributed by atoms with Crippen LogP contribution in [0.5, 0.6) is 0 Å². The number of anilines is 1. The van der Waals surface area contributed by atoms with Crippen LogP contribution >= 0.6 is 23.2 Å². The Bertz CT molecular complexity index is 473. The Kier molecular flexibility index (Phi) is 2.20. The number of halogens is 3. The minimum atomic E-state index is -2.18. The molecule has 0 saturated carbocycles. The first-order valence-electron chi connectivity index (χ1n) is 3.96. The van der Waals surface area contributed by atoms with Gasteiger partial charge in [0, 0.05) is 5.56 Å². The van der Waals surface area contributed by atoms with E-state index in [0.29, 0.717) is 0 Å². The molecular weight excluding hydrogens is 244 g/mol. The molecule has 1 amide bonds. The molecule has 1 aliphatic rings. The number of hydrogen-bond acceptors (Lipinski definition) is 2. The van der Waals surface area contributed by atoms with E-state index in [1.807, 2.05) is 0 Å². The lowest BCUT2D eigenvalue weighted by Crippen LogP contribution is -2.44. The van der Waals surface area contributed by atoms with E-state index in [0.717, 1.165) is 12.1 Å². The molecule has 0 aromatic heterocycles. The highest BCUT2D eigenvalue weighted by Crippen LogP contribution is 2.35. The number of alkyl halides is 2. The molecule has 0 atom stereocenters. The van der Waals surface area contributed by atoms with Gasteiger partial charge in [0.2, 0.25) is 5.78 Å². The molecule has 0 saturated heterocycles. The van der Waals surface area contributed by atoms with Crippen molar-refractivity contribution in [3.63, 3.8) is 0 Å². The summed E-state index contributed by atoms with van der Waals surface area (Å²) in [6, 6.07) is 3.39. The highest BCUT2D eigenvalue weighted by Gasteiger charge is 2.47. The summed E-state index contributed by atoms with van der Waals surface area (Å²) in [4.78, 5) is 22.9. The highest BCUT2D eigenvalue weighted by molar-refractivity contribution is 6.71. The van der Waals surface area contributed by atoms with Gasteiger partial charge in [0.1, 0.15) is 5.82 Å². The van der Waals surface area contributed by atoms with Crippen LogP contribution in [0.1, 0.15) is 10.4 Å². The molecule has 78 valence electrons. The third kappa shape index (κ3) is 1.50. The fraction of sp³-hybridized carbons (Fsp3) is 0.111. The second-order valence-corrected chi connectivity index (χ2v) is 4.37. The second-order valence-electron chi connectivity index (χ2n) is 3.05. The van der Waals surface area contributed by atoms with Crippen LogP contribution in [0.4, 0.5) is 10.1 Å². The predicted molar refractivity (Wildman–Crippen MR) is 53.8 cm³/mol. The first-order chi connectivity index (χ1) is 6.93. The molecule has 0 spiro atoms. The monoisotopic (exact) mass is 247 g/mol. The molecule has 1 aromatic carbocycles. The Morgan fingerprint density at radius 1 is 1.27 bits per heavy atom. The Hall–Kier alpha value is -1.13. The van der Waals surface area contributed by atoms with Crippen molar-refractivity contribution in [2.75, 3.05) is 5.32 Å². The lowest BCUT2D eigenvalue weighted by Gasteiger charge is -2.24. The maximum atomic E-state index is 12.9. The van der Waals surface area contributed by atoms with Crippen LogP contribution in [0, 0.1) is 5.82 Å². The van der Waals surface area contributed by atoms with Gasteiger partial charge in [-0.05, 0) is 18.2 Å². The van der Waals surface area contributed by atoms with Gasteiger partial charge in [-0.15, -0.1) is 0 Å². The Morgan fingerprint density at radius 2 is 1.93 bits per heavy atom. The number of benzene rings is 1. The molecule has 15 heavy (non-hydrogen) atoms. The molecule has 0 bridgehead atoms. The number of fused-ring (bicyclic) bond motifs is 1. The van der Waals surface area contributed by atoms with E-state index in [2.05, 4.69) is 5.32 Å². The first-order valence-corrected chi connectivity index (χ1v) is 4.72. The standard InChI is InChI=1S/C9H4Cl2FNO2/c10-9(11)7(14)5-3-4(12)1-2-6(5)13-8(9)15/h1-3H,(H,13,15). The van der Waals surface area contributed by atoms with E-state index < -0.39 is 21.8 Å². The van der Waals surface area contributed by atoms with Crippen molar-refractivity contribution in [3.8, 4) is 0 Å². The average Bonchev–Trinajstić information content (AvgIpc) is 2.17. The van der Waals surface area contributed by atoms with Gasteiger partial charge in [-0.2, -0.15) is 0 Å². The highest BCUT2D eigenvalue weighted by atomic mass is 35.5. The summed E-state index contributed by atoms with van der Waals surface area (Å²) in [6.45, 7) is 0. The third-order valence-corrected chi connectivity index (χ3v) is 2.73. The lowest BCUT2D eigenvalue weighted by atomic mass is 10.0. The molecule has 3 nitrogen and oxygen atoms in total. The van der Waals surface area contributed by atoms with Crippen molar-refractivity contribution in [1.82, 2.24) is 0 Å². The normalized spacial score (nSPS) is 18.3. The lowest BCUT2D eigenvalue weighted by molar-refractivity contribution is -0.116. The molecule has 0 unspecified atom stereocenters. The van der Waals surface area contributed by atoms with Crippen molar-refractivity contribution in [2.24, 2.45) is 0 Å². The number of amides is 1. The molecule has 0 fully saturated rings. The zero-order valence-electron chi connectivity index (χ0n) is 7.18. The number of carbonyl (C=O) groups is 2. The molecule has 0 radical (unpaired) electrons. The van der Waals surface area contributed by atoms with Crippen LogP contribution in [0.15, 0.2) is 18.2 Å². The summed E-state index contributed by atoms with van der Waals surface area (Å²) in [5, 5.41) is 2.32. The zero-order chi connectivity index (χ0) is 11.2. The van der Waals surface area contributed by atoms with Gasteiger partial charge in [-0.1, -0.05) is 23.2 Å². The number of rotatable bonds is 0. The van der Waals surface area contributed by atoms with E-state index in [1.54, 1.807) is 0 Å². The van der Waals surface area contributed by atoms with E-state index in [4.69, 9.17) is 23.2 Å². The van der Waals surface area contributed by atoms with Crippen molar-refractivity contribution in [1.29, 1.82) is 0 Å². The van der Waals surface area contributed by atoms with E-state index >= 15 is 0 Å². The summed E-state index contributed by atoms with van der Waals surface area (Å²) < 4.78 is 10.7. The van der Waals surface area contributed by atoms with Crippen molar-refractivity contribution >= 4 is 40.6 Å². The fourth-order valence-electron chi connectivity index (χ4n) is 1.29. The number of nitrogens with one attached hydrogen (secondary N) is 1. The molecule has 2 rings (SSSR count). The molecular formula is C9H4Cl2FNO2. The molecule has 1 aromatic rings. The fourth-order valence-corrected chi connectivity index (χ4v) is 1.58. The van der Waals surface area contributed by atoms with Gasteiger partial charge < -0.3 is 5.32 Å². The van der Waals surface area contributed by atoms with E-state index in [1.165, 1.54) is 6.07 Å². The van der Waals surface area contributed by atoms with Gasteiger partial charge >= 0.3 is 0 Å². The second kappa shape index (κ2) is 3.18. The molecule has 0 aliphatic carbocycles. The van der Waals surface area contributed by atoms with Crippen LogP contribution in [0.25, 0.3) is 0 Å². The predicted octanol–water partition coefficient (Wildman–Crippen LogP) is 2.13. The number of carbonyl (C=O) groups excluding carboxylic acids is 2. The zero-order valence-corrected chi connectivity index (χ0v) is 8.69. The summed E-state index contributed by atoms with van der Waals surface area (Å²) in [5.74, 6) is -2.23. The summed E-state index contributed by atoms with van der Waals surface area (Å²) in [7, 11) is 0. The third-order valence-electron chi connectivity index (χ3n) is 2.04. The number of ketones is 1. The molecule has 1 aliphatic heterocycles. The van der Waals surface area contributed by atoms with Crippen molar-refractivity contribution in [3.05, 3.63) is 29.6 Å². The Labute approximate surface area is 94.2 Å². The minimum absolute atomic E-state index is 0.0281. The Balaban J connectivity index is 2.62.